The molecule has 0 aromatic heterocycles. The van der Waals surface area contributed by atoms with Crippen LogP contribution in [0.1, 0.15) is 16.7 Å². The Morgan fingerprint density at radius 1 is 0.889 bits per heavy atom. The number of benzene rings is 2. The Kier molecular flexibility index (Phi) is 5.04. The summed E-state index contributed by atoms with van der Waals surface area (Å²) in [6, 6.07) is 18.6. The number of hydrogen-bond donors (Lipinski definition) is 0. The topological polar surface area (TPSA) is 84.5 Å². The maximum atomic E-state index is 9.00. The number of rotatable bonds is 5. The van der Waals surface area contributed by atoms with Gasteiger partial charge in [0.05, 0.1) is 43.1 Å². The zero-order chi connectivity index (χ0) is 18.6. The van der Waals surface area contributed by atoms with Crippen LogP contribution in [-0.2, 0) is 20.8 Å². The van der Waals surface area contributed by atoms with Crippen LogP contribution in [-0.4, -0.2) is 37.6 Å². The van der Waals surface area contributed by atoms with Crippen LogP contribution in [0.15, 0.2) is 48.5 Å². The van der Waals surface area contributed by atoms with Gasteiger partial charge in [-0.25, -0.2) is 0 Å². The van der Waals surface area contributed by atoms with Crippen LogP contribution in [0, 0.1) is 22.7 Å². The standard InChI is InChI=1S/C21H18N2O4/c22-9-14-3-1-5-16(7-14)11-24-18-12-25-21-19(13-26-20(18)21)27-17-6-2-4-15(8-17)10-23/h1-8,18-21H,11-13H2/t18-,19+,20+,21+/m0/s1. The van der Waals surface area contributed by atoms with E-state index in [-0.39, 0.29) is 24.4 Å². The highest BCUT2D eigenvalue weighted by atomic mass is 16.6. The van der Waals surface area contributed by atoms with Crippen molar-refractivity contribution in [3.05, 3.63) is 65.2 Å². The summed E-state index contributed by atoms with van der Waals surface area (Å²) in [6.07, 6.45) is -0.807. The molecule has 0 amide bonds. The molecule has 0 aliphatic carbocycles. The maximum Gasteiger partial charge on any atom is 0.151 e. The van der Waals surface area contributed by atoms with Gasteiger partial charge in [0.2, 0.25) is 0 Å². The van der Waals surface area contributed by atoms with Gasteiger partial charge in [-0.2, -0.15) is 10.5 Å². The second-order valence-corrected chi connectivity index (χ2v) is 6.55. The molecule has 2 aromatic rings. The molecule has 2 fully saturated rings. The molecule has 4 rings (SSSR count). The fraction of sp³-hybridized carbons (Fsp3) is 0.333. The highest BCUT2D eigenvalue weighted by molar-refractivity contribution is 5.36. The SMILES string of the molecule is N#Cc1cccc(CO[C@H]2CO[C@H]3[C@@H]2OC[C@H]3Oc2cccc(C#N)c2)c1. The predicted molar refractivity (Wildman–Crippen MR) is 94.8 cm³/mol. The lowest BCUT2D eigenvalue weighted by molar-refractivity contribution is -0.0426. The van der Waals surface area contributed by atoms with Gasteiger partial charge in [-0.15, -0.1) is 0 Å². The molecule has 0 spiro atoms. The molecular weight excluding hydrogens is 344 g/mol. The van der Waals surface area contributed by atoms with Crippen molar-refractivity contribution in [2.45, 2.75) is 31.0 Å². The maximum absolute atomic E-state index is 9.00. The van der Waals surface area contributed by atoms with Gasteiger partial charge in [0.1, 0.15) is 24.1 Å². The van der Waals surface area contributed by atoms with Crippen LogP contribution < -0.4 is 4.74 Å². The molecular formula is C21H18N2O4. The van der Waals surface area contributed by atoms with Crippen molar-refractivity contribution >= 4 is 0 Å². The minimum atomic E-state index is -0.237. The van der Waals surface area contributed by atoms with Crippen LogP contribution in [0.3, 0.4) is 0 Å². The molecule has 2 aliphatic heterocycles. The summed E-state index contributed by atoms with van der Waals surface area (Å²) < 4.78 is 23.7. The average Bonchev–Trinajstić information content (AvgIpc) is 3.30. The van der Waals surface area contributed by atoms with Crippen molar-refractivity contribution in [2.24, 2.45) is 0 Å². The Hall–Kier alpha value is -2.90. The quantitative estimate of drug-likeness (QED) is 0.813. The fourth-order valence-electron chi connectivity index (χ4n) is 3.42. The van der Waals surface area contributed by atoms with Gasteiger partial charge in [-0.3, -0.25) is 0 Å². The molecule has 0 N–H and O–H groups in total. The molecule has 2 aliphatic rings. The third kappa shape index (κ3) is 3.79. The van der Waals surface area contributed by atoms with Crippen molar-refractivity contribution in [1.29, 1.82) is 10.5 Å². The van der Waals surface area contributed by atoms with Crippen molar-refractivity contribution in [3.63, 3.8) is 0 Å². The molecule has 2 heterocycles. The van der Waals surface area contributed by atoms with E-state index in [9.17, 15) is 0 Å². The summed E-state index contributed by atoms with van der Waals surface area (Å²) >= 11 is 0. The van der Waals surface area contributed by atoms with Gasteiger partial charge in [-0.1, -0.05) is 18.2 Å². The minimum Gasteiger partial charge on any atom is -0.485 e. The number of nitriles is 2. The number of nitrogens with zero attached hydrogens (tertiary/aromatic N) is 2. The van der Waals surface area contributed by atoms with E-state index in [0.717, 1.165) is 5.56 Å². The molecule has 0 unspecified atom stereocenters. The molecule has 2 aromatic carbocycles. The number of fused-ring (bicyclic) bond motifs is 1. The Bertz CT molecular complexity index is 902. The largest absolute Gasteiger partial charge is 0.485 e. The summed E-state index contributed by atoms with van der Waals surface area (Å²) in [5.74, 6) is 0.629. The van der Waals surface area contributed by atoms with Crippen LogP contribution >= 0.6 is 0 Å². The summed E-state index contributed by atoms with van der Waals surface area (Å²) in [7, 11) is 0. The summed E-state index contributed by atoms with van der Waals surface area (Å²) in [5.41, 5.74) is 2.11. The lowest BCUT2D eigenvalue weighted by atomic mass is 10.1. The first-order valence-electron chi connectivity index (χ1n) is 8.77. The Balaban J connectivity index is 1.35. The Labute approximate surface area is 157 Å². The van der Waals surface area contributed by atoms with Crippen molar-refractivity contribution in [1.82, 2.24) is 0 Å². The van der Waals surface area contributed by atoms with Crippen LogP contribution in [0.2, 0.25) is 0 Å². The first kappa shape index (κ1) is 17.5. The highest BCUT2D eigenvalue weighted by Crippen LogP contribution is 2.32. The number of ether oxygens (including phenoxy) is 4. The Morgan fingerprint density at radius 3 is 2.33 bits per heavy atom. The zero-order valence-corrected chi connectivity index (χ0v) is 14.6. The predicted octanol–water partition coefficient (Wildman–Crippen LogP) is 2.56. The van der Waals surface area contributed by atoms with Gasteiger partial charge >= 0.3 is 0 Å². The molecule has 0 saturated carbocycles. The molecule has 6 heteroatoms. The normalized spacial score (nSPS) is 26.1. The van der Waals surface area contributed by atoms with E-state index in [4.69, 9.17) is 29.5 Å². The van der Waals surface area contributed by atoms with Crippen LogP contribution in [0.5, 0.6) is 5.75 Å². The zero-order valence-electron chi connectivity index (χ0n) is 14.6. The van der Waals surface area contributed by atoms with Crippen LogP contribution in [0.25, 0.3) is 0 Å². The summed E-state index contributed by atoms with van der Waals surface area (Å²) in [5, 5.41) is 18.0. The van der Waals surface area contributed by atoms with Crippen LogP contribution in [0.4, 0.5) is 0 Å². The minimum absolute atomic E-state index is 0.181. The smallest absolute Gasteiger partial charge is 0.151 e. The van der Waals surface area contributed by atoms with Crippen molar-refractivity contribution < 1.29 is 18.9 Å². The van der Waals surface area contributed by atoms with E-state index < -0.39 is 0 Å². The Morgan fingerprint density at radius 2 is 1.56 bits per heavy atom. The lowest BCUT2D eigenvalue weighted by Crippen LogP contribution is -2.35. The first-order valence-corrected chi connectivity index (χ1v) is 8.77. The second-order valence-electron chi connectivity index (χ2n) is 6.55. The molecule has 0 radical (unpaired) electrons. The molecule has 6 nitrogen and oxygen atoms in total. The van der Waals surface area contributed by atoms with Gasteiger partial charge < -0.3 is 18.9 Å². The lowest BCUT2D eigenvalue weighted by Gasteiger charge is -2.18. The average molecular weight is 362 g/mol. The van der Waals surface area contributed by atoms with Crippen molar-refractivity contribution in [2.75, 3.05) is 13.2 Å². The van der Waals surface area contributed by atoms with Gasteiger partial charge in [-0.05, 0) is 35.9 Å². The first-order chi connectivity index (χ1) is 13.3. The van der Waals surface area contributed by atoms with Gasteiger partial charge in [0, 0.05) is 0 Å². The van der Waals surface area contributed by atoms with E-state index in [0.29, 0.717) is 36.7 Å². The molecule has 4 atom stereocenters. The van der Waals surface area contributed by atoms with E-state index in [1.54, 1.807) is 24.3 Å². The third-order valence-corrected chi connectivity index (χ3v) is 4.73. The van der Waals surface area contributed by atoms with E-state index >= 15 is 0 Å². The van der Waals surface area contributed by atoms with E-state index in [1.165, 1.54) is 0 Å². The molecule has 0 bridgehead atoms. The van der Waals surface area contributed by atoms with E-state index in [2.05, 4.69) is 12.1 Å². The second kappa shape index (κ2) is 7.77. The fourth-order valence-corrected chi connectivity index (χ4v) is 3.42. The molecule has 2 saturated heterocycles. The third-order valence-electron chi connectivity index (χ3n) is 4.73. The molecule has 27 heavy (non-hydrogen) atoms. The monoisotopic (exact) mass is 362 g/mol. The summed E-state index contributed by atoms with van der Waals surface area (Å²) in [6.45, 7) is 1.24. The van der Waals surface area contributed by atoms with Gasteiger partial charge in [0.25, 0.3) is 0 Å². The van der Waals surface area contributed by atoms with Gasteiger partial charge in [0.15, 0.2) is 6.10 Å². The summed E-state index contributed by atoms with van der Waals surface area (Å²) in [4.78, 5) is 0. The molecule has 136 valence electrons. The highest BCUT2D eigenvalue weighted by Gasteiger charge is 2.49. The number of hydrogen-bond acceptors (Lipinski definition) is 6. The van der Waals surface area contributed by atoms with Crippen molar-refractivity contribution in [3.8, 4) is 17.9 Å². The van der Waals surface area contributed by atoms with E-state index in [1.807, 2.05) is 24.3 Å².